The summed E-state index contributed by atoms with van der Waals surface area (Å²) in [6.45, 7) is 5.63. The number of likely N-dealkylation sites (tertiary alicyclic amines) is 1. The Morgan fingerprint density at radius 2 is 1.47 bits per heavy atom. The van der Waals surface area contributed by atoms with E-state index in [-0.39, 0.29) is 31.1 Å². The number of amides is 2. The van der Waals surface area contributed by atoms with Crippen molar-refractivity contribution in [3.05, 3.63) is 54.1 Å². The highest BCUT2D eigenvalue weighted by Gasteiger charge is 2.24. The van der Waals surface area contributed by atoms with Gasteiger partial charge in [0.15, 0.2) is 24.7 Å². The molecule has 2 aromatic rings. The van der Waals surface area contributed by atoms with Crippen LogP contribution in [0.3, 0.4) is 0 Å². The Hall–Kier alpha value is -3.22. The van der Waals surface area contributed by atoms with Crippen LogP contribution in [-0.2, 0) is 16.0 Å². The molecule has 1 heterocycles. The molecule has 172 valence electrons. The smallest absolute Gasteiger partial charge is 0.260 e. The average Bonchev–Trinajstić information content (AvgIpc) is 2.83. The van der Waals surface area contributed by atoms with Gasteiger partial charge in [0.25, 0.3) is 11.8 Å². The van der Waals surface area contributed by atoms with Gasteiger partial charge in [-0.15, -0.1) is 0 Å². The molecule has 2 aromatic carbocycles. The van der Waals surface area contributed by atoms with E-state index in [1.807, 2.05) is 49.4 Å². The number of piperidine rings is 1. The fourth-order valence-electron chi connectivity index (χ4n) is 3.70. The number of carbonyl (C=O) groups is 2. The zero-order valence-electron chi connectivity index (χ0n) is 18.8. The summed E-state index contributed by atoms with van der Waals surface area (Å²) in [4.78, 5) is 26.6. The first-order valence-electron chi connectivity index (χ1n) is 11.2. The summed E-state index contributed by atoms with van der Waals surface area (Å²) < 4.78 is 16.9. The zero-order valence-corrected chi connectivity index (χ0v) is 18.8. The first kappa shape index (κ1) is 23.4. The maximum atomic E-state index is 12.5. The molecule has 2 amide bonds. The minimum atomic E-state index is -0.180. The van der Waals surface area contributed by atoms with Crippen molar-refractivity contribution in [1.29, 1.82) is 0 Å². The summed E-state index contributed by atoms with van der Waals surface area (Å²) in [7, 11) is 0. The third-order valence-corrected chi connectivity index (χ3v) is 5.43. The second-order valence-corrected chi connectivity index (χ2v) is 7.64. The molecule has 0 saturated carbocycles. The van der Waals surface area contributed by atoms with E-state index >= 15 is 0 Å². The second kappa shape index (κ2) is 12.0. The number of rotatable bonds is 10. The maximum absolute atomic E-state index is 12.5. The quantitative estimate of drug-likeness (QED) is 0.614. The molecule has 1 fully saturated rings. The number of aryl methyl sites for hydroxylation is 1. The number of ether oxygens (including phenoxy) is 3. The van der Waals surface area contributed by atoms with Crippen molar-refractivity contribution in [3.63, 3.8) is 0 Å². The Kier molecular flexibility index (Phi) is 8.78. The van der Waals surface area contributed by atoms with Gasteiger partial charge in [-0.25, -0.2) is 0 Å². The topological polar surface area (TPSA) is 77.1 Å². The van der Waals surface area contributed by atoms with Crippen molar-refractivity contribution in [1.82, 2.24) is 10.2 Å². The first-order valence-corrected chi connectivity index (χ1v) is 11.2. The molecule has 0 bridgehead atoms. The number of hydrogen-bond donors (Lipinski definition) is 1. The Morgan fingerprint density at radius 1 is 0.875 bits per heavy atom. The van der Waals surface area contributed by atoms with Crippen LogP contribution in [0.25, 0.3) is 0 Å². The van der Waals surface area contributed by atoms with Crippen LogP contribution in [0.2, 0.25) is 0 Å². The molecule has 32 heavy (non-hydrogen) atoms. The number of nitrogens with one attached hydrogen (secondary N) is 1. The lowest BCUT2D eigenvalue weighted by Crippen LogP contribution is -2.48. The molecular weight excluding hydrogens is 408 g/mol. The Balaban J connectivity index is 1.39. The van der Waals surface area contributed by atoms with Crippen LogP contribution >= 0.6 is 0 Å². The third kappa shape index (κ3) is 6.64. The minimum Gasteiger partial charge on any atom is -0.490 e. The van der Waals surface area contributed by atoms with Crippen LogP contribution in [0.5, 0.6) is 17.2 Å². The van der Waals surface area contributed by atoms with E-state index < -0.39 is 0 Å². The molecule has 1 N–H and O–H groups in total. The summed E-state index contributed by atoms with van der Waals surface area (Å²) in [5, 5.41) is 3.00. The number of para-hydroxylation sites is 3. The molecule has 0 unspecified atom stereocenters. The van der Waals surface area contributed by atoms with Gasteiger partial charge in [0.2, 0.25) is 0 Å². The SMILES string of the molecule is CCOc1ccccc1OCC(=O)NC1CCN(C(=O)COc2ccccc2CC)CC1. The van der Waals surface area contributed by atoms with Gasteiger partial charge in [0.1, 0.15) is 5.75 Å². The van der Waals surface area contributed by atoms with Crippen molar-refractivity contribution in [2.75, 3.05) is 32.9 Å². The monoisotopic (exact) mass is 440 g/mol. The van der Waals surface area contributed by atoms with Gasteiger partial charge in [0, 0.05) is 19.1 Å². The molecule has 1 aliphatic rings. The molecule has 1 aliphatic heterocycles. The second-order valence-electron chi connectivity index (χ2n) is 7.64. The Morgan fingerprint density at radius 3 is 2.12 bits per heavy atom. The maximum Gasteiger partial charge on any atom is 0.260 e. The lowest BCUT2D eigenvalue weighted by Gasteiger charge is -2.32. The van der Waals surface area contributed by atoms with Crippen molar-refractivity contribution in [2.45, 2.75) is 39.2 Å². The van der Waals surface area contributed by atoms with E-state index in [0.29, 0.717) is 44.0 Å². The van der Waals surface area contributed by atoms with Crippen LogP contribution < -0.4 is 19.5 Å². The summed E-state index contributed by atoms with van der Waals surface area (Å²) >= 11 is 0. The number of benzene rings is 2. The first-order chi connectivity index (χ1) is 15.6. The van der Waals surface area contributed by atoms with Crippen LogP contribution in [0.4, 0.5) is 0 Å². The normalized spacial score (nSPS) is 14.0. The molecule has 7 nitrogen and oxygen atoms in total. The van der Waals surface area contributed by atoms with E-state index in [9.17, 15) is 9.59 Å². The number of nitrogens with zero attached hydrogens (tertiary/aromatic N) is 1. The highest BCUT2D eigenvalue weighted by Crippen LogP contribution is 2.26. The average molecular weight is 441 g/mol. The fraction of sp³-hybridized carbons (Fsp3) is 0.440. The van der Waals surface area contributed by atoms with E-state index in [4.69, 9.17) is 14.2 Å². The fourth-order valence-corrected chi connectivity index (χ4v) is 3.70. The van der Waals surface area contributed by atoms with Gasteiger partial charge in [0.05, 0.1) is 6.61 Å². The van der Waals surface area contributed by atoms with Gasteiger partial charge in [-0.2, -0.15) is 0 Å². The van der Waals surface area contributed by atoms with Gasteiger partial charge in [-0.1, -0.05) is 37.3 Å². The molecule has 0 atom stereocenters. The molecule has 0 radical (unpaired) electrons. The predicted molar refractivity (Wildman–Crippen MR) is 122 cm³/mol. The summed E-state index contributed by atoms with van der Waals surface area (Å²) in [5.74, 6) is 1.72. The van der Waals surface area contributed by atoms with E-state index in [1.54, 1.807) is 11.0 Å². The molecule has 0 aromatic heterocycles. The van der Waals surface area contributed by atoms with Crippen LogP contribution in [0, 0.1) is 0 Å². The minimum absolute atomic E-state index is 0.0269. The lowest BCUT2D eigenvalue weighted by atomic mass is 10.1. The Labute approximate surface area is 189 Å². The van der Waals surface area contributed by atoms with Gasteiger partial charge in [-0.3, -0.25) is 9.59 Å². The van der Waals surface area contributed by atoms with Gasteiger partial charge < -0.3 is 24.4 Å². The summed E-state index contributed by atoms with van der Waals surface area (Å²) in [5.41, 5.74) is 1.09. The Bertz CT molecular complexity index is 893. The third-order valence-electron chi connectivity index (χ3n) is 5.43. The van der Waals surface area contributed by atoms with Gasteiger partial charge >= 0.3 is 0 Å². The summed E-state index contributed by atoms with van der Waals surface area (Å²) in [6, 6.07) is 15.1. The standard InChI is InChI=1S/C25H32N2O5/c1-3-19-9-5-6-10-21(19)32-18-25(29)27-15-13-20(14-16-27)26-24(28)17-31-23-12-8-7-11-22(23)30-4-2/h5-12,20H,3-4,13-18H2,1-2H3,(H,26,28). The molecule has 3 rings (SSSR count). The van der Waals surface area contributed by atoms with E-state index in [2.05, 4.69) is 12.2 Å². The van der Waals surface area contributed by atoms with Crippen molar-refractivity contribution in [3.8, 4) is 17.2 Å². The van der Waals surface area contributed by atoms with E-state index in [1.165, 1.54) is 0 Å². The molecule has 7 heteroatoms. The zero-order chi connectivity index (χ0) is 22.8. The van der Waals surface area contributed by atoms with Crippen molar-refractivity contribution in [2.24, 2.45) is 0 Å². The van der Waals surface area contributed by atoms with Crippen molar-refractivity contribution >= 4 is 11.8 Å². The van der Waals surface area contributed by atoms with Gasteiger partial charge in [-0.05, 0) is 49.9 Å². The highest BCUT2D eigenvalue weighted by molar-refractivity contribution is 5.79. The number of carbonyl (C=O) groups excluding carboxylic acids is 2. The highest BCUT2D eigenvalue weighted by atomic mass is 16.5. The molecule has 0 aliphatic carbocycles. The molecular formula is C25H32N2O5. The predicted octanol–water partition coefficient (Wildman–Crippen LogP) is 3.21. The van der Waals surface area contributed by atoms with Crippen LogP contribution in [-0.4, -0.2) is 55.7 Å². The van der Waals surface area contributed by atoms with Crippen molar-refractivity contribution < 1.29 is 23.8 Å². The number of hydrogen-bond acceptors (Lipinski definition) is 5. The molecule has 0 spiro atoms. The molecule has 1 saturated heterocycles. The summed E-state index contributed by atoms with van der Waals surface area (Å²) in [6.07, 6.45) is 2.27. The van der Waals surface area contributed by atoms with E-state index in [0.717, 1.165) is 17.7 Å². The van der Waals surface area contributed by atoms with Crippen LogP contribution in [0.1, 0.15) is 32.3 Å². The lowest BCUT2D eigenvalue weighted by molar-refractivity contribution is -0.134. The largest absolute Gasteiger partial charge is 0.490 e. The van der Waals surface area contributed by atoms with Crippen LogP contribution in [0.15, 0.2) is 48.5 Å².